The van der Waals surface area contributed by atoms with Gasteiger partial charge in [-0.15, -0.1) is 4.99 Å². The number of aromatic nitrogens is 2. The fourth-order valence-corrected chi connectivity index (χ4v) is 1.39. The largest absolute Gasteiger partial charge is 0.242 e. The van der Waals surface area contributed by atoms with Crippen LogP contribution in [0.15, 0.2) is 41.5 Å². The monoisotopic (exact) mass is 219 g/mol. The standard InChI is InChI=1S/C10H6ClN3O/c11-9-6-13-14(10(9)12-7-15)8-4-2-1-3-5-8/h1-6H. The van der Waals surface area contributed by atoms with Crippen molar-refractivity contribution in [3.8, 4) is 5.69 Å². The number of carbonyl (C=O) groups excluding carboxylic acids is 1. The molecule has 0 spiro atoms. The molecular weight excluding hydrogens is 214 g/mol. The predicted octanol–water partition coefficient (Wildman–Crippen LogP) is 2.49. The van der Waals surface area contributed by atoms with Gasteiger partial charge in [0.25, 0.3) is 0 Å². The molecule has 0 aliphatic rings. The first-order chi connectivity index (χ1) is 7.33. The Hall–Kier alpha value is -1.90. The average Bonchev–Trinajstić information content (AvgIpc) is 2.63. The summed E-state index contributed by atoms with van der Waals surface area (Å²) in [4.78, 5) is 13.7. The zero-order valence-corrected chi connectivity index (χ0v) is 8.35. The summed E-state index contributed by atoms with van der Waals surface area (Å²) in [7, 11) is 0. The van der Waals surface area contributed by atoms with Crippen LogP contribution in [0, 0.1) is 0 Å². The summed E-state index contributed by atoms with van der Waals surface area (Å²) in [6.45, 7) is 0. The second-order valence-electron chi connectivity index (χ2n) is 2.77. The molecule has 2 aromatic rings. The minimum absolute atomic E-state index is 0.290. The van der Waals surface area contributed by atoms with Crippen molar-refractivity contribution < 1.29 is 4.79 Å². The lowest BCUT2D eigenvalue weighted by Gasteiger charge is -2.01. The molecule has 0 amide bonds. The predicted molar refractivity (Wildman–Crippen MR) is 56.4 cm³/mol. The van der Waals surface area contributed by atoms with Crippen LogP contribution in [0.1, 0.15) is 0 Å². The number of rotatable bonds is 2. The van der Waals surface area contributed by atoms with Crippen molar-refractivity contribution in [2.75, 3.05) is 0 Å². The van der Waals surface area contributed by atoms with Crippen LogP contribution in [0.4, 0.5) is 5.82 Å². The maximum atomic E-state index is 10.2. The molecule has 15 heavy (non-hydrogen) atoms. The molecule has 0 unspecified atom stereocenters. The lowest BCUT2D eigenvalue weighted by molar-refractivity contribution is 0.565. The Morgan fingerprint density at radius 1 is 1.33 bits per heavy atom. The van der Waals surface area contributed by atoms with Crippen molar-refractivity contribution in [1.82, 2.24) is 9.78 Å². The highest BCUT2D eigenvalue weighted by Crippen LogP contribution is 2.26. The van der Waals surface area contributed by atoms with Crippen LogP contribution in [0.25, 0.3) is 5.69 Å². The number of halogens is 1. The van der Waals surface area contributed by atoms with Gasteiger partial charge in [0.15, 0.2) is 5.82 Å². The number of hydrogen-bond donors (Lipinski definition) is 0. The number of isocyanates is 1. The van der Waals surface area contributed by atoms with Gasteiger partial charge in [-0.3, -0.25) is 0 Å². The average molecular weight is 220 g/mol. The molecule has 1 heterocycles. The van der Waals surface area contributed by atoms with Crippen LogP contribution in [0.5, 0.6) is 0 Å². The Bertz CT molecular complexity index is 515. The van der Waals surface area contributed by atoms with Crippen LogP contribution in [-0.2, 0) is 4.79 Å². The quantitative estimate of drug-likeness (QED) is 0.576. The highest BCUT2D eigenvalue weighted by Gasteiger charge is 2.08. The molecule has 74 valence electrons. The highest BCUT2D eigenvalue weighted by molar-refractivity contribution is 6.32. The van der Waals surface area contributed by atoms with E-state index in [-0.39, 0.29) is 5.82 Å². The molecule has 0 saturated carbocycles. The number of nitrogens with zero attached hydrogens (tertiary/aromatic N) is 3. The summed E-state index contributed by atoms with van der Waals surface area (Å²) in [5, 5.41) is 4.34. The summed E-state index contributed by atoms with van der Waals surface area (Å²) in [6, 6.07) is 9.29. The van der Waals surface area contributed by atoms with Crippen LogP contribution in [0.3, 0.4) is 0 Å². The molecule has 0 atom stereocenters. The van der Waals surface area contributed by atoms with Crippen molar-refractivity contribution in [2.24, 2.45) is 4.99 Å². The summed E-state index contributed by atoms with van der Waals surface area (Å²) in [5.74, 6) is 0.290. The fourth-order valence-electron chi connectivity index (χ4n) is 1.22. The maximum Gasteiger partial charge on any atom is 0.242 e. The summed E-state index contributed by atoms with van der Waals surface area (Å²) in [6.07, 6.45) is 2.89. The molecule has 4 nitrogen and oxygen atoms in total. The van der Waals surface area contributed by atoms with Gasteiger partial charge in [-0.25, -0.2) is 9.48 Å². The molecule has 0 bridgehead atoms. The van der Waals surface area contributed by atoms with Crippen molar-refractivity contribution >= 4 is 23.5 Å². The molecule has 1 aromatic heterocycles. The molecule has 0 radical (unpaired) electrons. The first-order valence-corrected chi connectivity index (χ1v) is 4.57. The third-order valence-electron chi connectivity index (χ3n) is 1.85. The molecule has 2 rings (SSSR count). The van der Waals surface area contributed by atoms with E-state index in [4.69, 9.17) is 11.6 Å². The van der Waals surface area contributed by atoms with Gasteiger partial charge in [-0.05, 0) is 12.1 Å². The lowest BCUT2D eigenvalue weighted by Crippen LogP contribution is -1.94. The number of hydrogen-bond acceptors (Lipinski definition) is 3. The van der Waals surface area contributed by atoms with E-state index in [0.717, 1.165) is 5.69 Å². The third-order valence-corrected chi connectivity index (χ3v) is 2.12. The van der Waals surface area contributed by atoms with E-state index < -0.39 is 0 Å². The van der Waals surface area contributed by atoms with Crippen LogP contribution >= 0.6 is 11.6 Å². The number of benzene rings is 1. The summed E-state index contributed by atoms with van der Waals surface area (Å²) >= 11 is 5.82. The molecule has 0 N–H and O–H groups in total. The zero-order valence-electron chi connectivity index (χ0n) is 7.59. The van der Waals surface area contributed by atoms with E-state index >= 15 is 0 Å². The van der Waals surface area contributed by atoms with Gasteiger partial charge in [0.1, 0.15) is 5.02 Å². The van der Waals surface area contributed by atoms with Gasteiger partial charge in [0.05, 0.1) is 11.9 Å². The van der Waals surface area contributed by atoms with Crippen LogP contribution < -0.4 is 0 Å². The Morgan fingerprint density at radius 2 is 2.07 bits per heavy atom. The Balaban J connectivity index is 2.59. The Labute approximate surface area is 90.8 Å². The minimum Gasteiger partial charge on any atom is -0.213 e. The molecule has 1 aromatic carbocycles. The van der Waals surface area contributed by atoms with E-state index in [0.29, 0.717) is 5.02 Å². The van der Waals surface area contributed by atoms with E-state index in [1.807, 2.05) is 30.3 Å². The van der Waals surface area contributed by atoms with Gasteiger partial charge >= 0.3 is 0 Å². The van der Waals surface area contributed by atoms with Crippen molar-refractivity contribution in [3.05, 3.63) is 41.6 Å². The summed E-state index contributed by atoms with van der Waals surface area (Å²) in [5.41, 5.74) is 0.790. The van der Waals surface area contributed by atoms with Crippen molar-refractivity contribution in [3.63, 3.8) is 0 Å². The highest BCUT2D eigenvalue weighted by atomic mass is 35.5. The second kappa shape index (κ2) is 4.09. The third kappa shape index (κ3) is 1.81. The first kappa shape index (κ1) is 9.65. The molecule has 0 aliphatic carbocycles. The van der Waals surface area contributed by atoms with E-state index in [1.165, 1.54) is 17.0 Å². The fraction of sp³-hybridized carbons (Fsp3) is 0. The molecule has 5 heteroatoms. The Morgan fingerprint density at radius 3 is 2.73 bits per heavy atom. The molecule has 0 fully saturated rings. The van der Waals surface area contributed by atoms with E-state index in [1.54, 1.807) is 0 Å². The van der Waals surface area contributed by atoms with Gasteiger partial charge in [-0.1, -0.05) is 29.8 Å². The van der Waals surface area contributed by atoms with Crippen LogP contribution in [-0.4, -0.2) is 15.9 Å². The molecular formula is C10H6ClN3O. The van der Waals surface area contributed by atoms with Gasteiger partial charge in [-0.2, -0.15) is 5.10 Å². The second-order valence-corrected chi connectivity index (χ2v) is 3.17. The Kier molecular flexibility index (Phi) is 2.63. The number of aliphatic imine (C=N–C) groups is 1. The number of para-hydroxylation sites is 1. The van der Waals surface area contributed by atoms with Gasteiger partial charge in [0.2, 0.25) is 6.08 Å². The normalized spacial score (nSPS) is 9.67. The zero-order chi connectivity index (χ0) is 10.7. The summed E-state index contributed by atoms with van der Waals surface area (Å²) < 4.78 is 1.48. The van der Waals surface area contributed by atoms with Gasteiger partial charge in [0, 0.05) is 0 Å². The van der Waals surface area contributed by atoms with E-state index in [2.05, 4.69) is 10.1 Å². The minimum atomic E-state index is 0.290. The van der Waals surface area contributed by atoms with Gasteiger partial charge < -0.3 is 0 Å². The SMILES string of the molecule is O=C=Nc1c(Cl)cnn1-c1ccccc1. The van der Waals surface area contributed by atoms with Crippen molar-refractivity contribution in [2.45, 2.75) is 0 Å². The first-order valence-electron chi connectivity index (χ1n) is 4.20. The van der Waals surface area contributed by atoms with Crippen molar-refractivity contribution in [1.29, 1.82) is 0 Å². The molecule has 0 aliphatic heterocycles. The maximum absolute atomic E-state index is 10.2. The van der Waals surface area contributed by atoms with E-state index in [9.17, 15) is 4.79 Å². The smallest absolute Gasteiger partial charge is 0.213 e. The lowest BCUT2D eigenvalue weighted by atomic mass is 10.3. The molecule has 0 saturated heterocycles. The topological polar surface area (TPSA) is 47.2 Å². The van der Waals surface area contributed by atoms with Crippen LogP contribution in [0.2, 0.25) is 5.02 Å².